The first-order valence-corrected chi connectivity index (χ1v) is 13.8. The van der Waals surface area contributed by atoms with Crippen LogP contribution < -0.4 is 9.62 Å². The second kappa shape index (κ2) is 11.6. The molecule has 0 fully saturated rings. The zero-order valence-corrected chi connectivity index (χ0v) is 23.2. The molecule has 2 rings (SSSR count). The van der Waals surface area contributed by atoms with E-state index in [2.05, 4.69) is 21.2 Å². The molecule has 0 saturated carbocycles. The van der Waals surface area contributed by atoms with Crippen molar-refractivity contribution in [1.29, 1.82) is 0 Å². The van der Waals surface area contributed by atoms with E-state index in [0.29, 0.717) is 27.2 Å². The molecule has 7 nitrogen and oxygen atoms in total. The Morgan fingerprint density at radius 1 is 1.12 bits per heavy atom. The van der Waals surface area contributed by atoms with Gasteiger partial charge in [-0.05, 0) is 57.0 Å². The van der Waals surface area contributed by atoms with Crippen LogP contribution in [0.5, 0.6) is 0 Å². The van der Waals surface area contributed by atoms with Crippen molar-refractivity contribution in [2.24, 2.45) is 0 Å². The van der Waals surface area contributed by atoms with Crippen LogP contribution in [0.1, 0.15) is 39.7 Å². The van der Waals surface area contributed by atoms with Crippen molar-refractivity contribution >= 4 is 55.1 Å². The molecule has 34 heavy (non-hydrogen) atoms. The molecule has 2 amide bonds. The number of carbonyl (C=O) groups is 2. The Morgan fingerprint density at radius 3 is 2.29 bits per heavy atom. The van der Waals surface area contributed by atoms with Gasteiger partial charge in [-0.3, -0.25) is 13.9 Å². The third kappa shape index (κ3) is 7.99. The van der Waals surface area contributed by atoms with Gasteiger partial charge in [0.15, 0.2) is 0 Å². The van der Waals surface area contributed by atoms with E-state index in [1.807, 2.05) is 27.7 Å². The summed E-state index contributed by atoms with van der Waals surface area (Å²) in [5.74, 6) is -0.829. The van der Waals surface area contributed by atoms with Gasteiger partial charge in [-0.1, -0.05) is 58.7 Å². The van der Waals surface area contributed by atoms with Crippen molar-refractivity contribution in [3.8, 4) is 0 Å². The monoisotopic (exact) mass is 571 g/mol. The predicted octanol–water partition coefficient (Wildman–Crippen LogP) is 4.59. The number of carbonyl (C=O) groups excluding carboxylic acids is 2. The van der Waals surface area contributed by atoms with Crippen LogP contribution >= 0.6 is 27.5 Å². The number of hydrogen-bond acceptors (Lipinski definition) is 4. The fraction of sp³-hybridized carbons (Fsp3) is 0.417. The minimum atomic E-state index is -3.79. The minimum absolute atomic E-state index is 0.0602. The van der Waals surface area contributed by atoms with E-state index >= 15 is 0 Å². The normalized spacial score (nSPS) is 12.7. The Hall–Kier alpha value is -2.10. The Bertz CT molecular complexity index is 1140. The maximum Gasteiger partial charge on any atom is 0.244 e. The summed E-state index contributed by atoms with van der Waals surface area (Å²) in [5.41, 5.74) is 0.502. The number of hydrogen-bond donors (Lipinski definition) is 1. The zero-order valence-electron chi connectivity index (χ0n) is 20.0. The Balaban J connectivity index is 2.48. The number of amides is 2. The van der Waals surface area contributed by atoms with Gasteiger partial charge in [-0.2, -0.15) is 0 Å². The number of halogens is 2. The quantitative estimate of drug-likeness (QED) is 0.476. The van der Waals surface area contributed by atoms with Crippen molar-refractivity contribution in [3.63, 3.8) is 0 Å². The summed E-state index contributed by atoms with van der Waals surface area (Å²) >= 11 is 9.69. The summed E-state index contributed by atoms with van der Waals surface area (Å²) < 4.78 is 26.9. The van der Waals surface area contributed by atoms with Crippen LogP contribution in [0.4, 0.5) is 5.69 Å². The number of nitrogens with zero attached hydrogens (tertiary/aromatic N) is 2. The number of rotatable bonds is 9. The molecule has 1 atom stereocenters. The molecule has 0 aliphatic heterocycles. The van der Waals surface area contributed by atoms with Crippen LogP contribution in [-0.4, -0.2) is 49.5 Å². The molecule has 10 heteroatoms. The number of benzene rings is 2. The Kier molecular flexibility index (Phi) is 9.56. The van der Waals surface area contributed by atoms with Crippen LogP contribution in [0.15, 0.2) is 53.0 Å². The van der Waals surface area contributed by atoms with Gasteiger partial charge >= 0.3 is 0 Å². The van der Waals surface area contributed by atoms with Crippen molar-refractivity contribution < 1.29 is 18.0 Å². The van der Waals surface area contributed by atoms with Crippen LogP contribution in [0.3, 0.4) is 0 Å². The van der Waals surface area contributed by atoms with Crippen molar-refractivity contribution in [3.05, 3.63) is 63.6 Å². The lowest BCUT2D eigenvalue weighted by atomic mass is 10.1. The molecule has 2 aromatic carbocycles. The second-order valence-electron chi connectivity index (χ2n) is 9.03. The molecule has 0 aliphatic carbocycles. The topological polar surface area (TPSA) is 86.8 Å². The lowest BCUT2D eigenvalue weighted by Gasteiger charge is -2.34. The molecule has 0 heterocycles. The van der Waals surface area contributed by atoms with Gasteiger partial charge in [0, 0.05) is 21.6 Å². The lowest BCUT2D eigenvalue weighted by Crippen LogP contribution is -2.55. The first-order chi connectivity index (χ1) is 15.7. The fourth-order valence-corrected chi connectivity index (χ4v) is 4.85. The molecule has 0 bridgehead atoms. The molecule has 0 spiro atoms. The van der Waals surface area contributed by atoms with E-state index < -0.39 is 34.1 Å². The highest BCUT2D eigenvalue weighted by Crippen LogP contribution is 2.24. The molecular weight excluding hydrogens is 542 g/mol. The summed E-state index contributed by atoms with van der Waals surface area (Å²) in [6.45, 7) is 6.98. The standard InChI is InChI=1S/C24H31BrClN3O4S/c1-6-21(23(31)27-24(2,3)4)28(15-17-10-7-8-13-20(17)26)22(30)16-29(34(5,32)33)19-12-9-11-18(25)14-19/h7-14,21H,6,15-16H2,1-5H3,(H,27,31)/t21-/m0/s1. The molecule has 1 N–H and O–H groups in total. The summed E-state index contributed by atoms with van der Waals surface area (Å²) in [4.78, 5) is 28.2. The average Bonchev–Trinajstić information content (AvgIpc) is 2.70. The maximum atomic E-state index is 13.6. The molecule has 0 aromatic heterocycles. The molecule has 0 radical (unpaired) electrons. The largest absolute Gasteiger partial charge is 0.350 e. The average molecular weight is 573 g/mol. The van der Waals surface area contributed by atoms with E-state index in [-0.39, 0.29) is 12.5 Å². The van der Waals surface area contributed by atoms with Gasteiger partial charge in [0.25, 0.3) is 0 Å². The van der Waals surface area contributed by atoms with Crippen LogP contribution in [0.25, 0.3) is 0 Å². The summed E-state index contributed by atoms with van der Waals surface area (Å²) in [5, 5.41) is 3.38. The molecular formula is C24H31BrClN3O4S. The smallest absolute Gasteiger partial charge is 0.244 e. The van der Waals surface area contributed by atoms with Gasteiger partial charge in [-0.25, -0.2) is 8.42 Å². The van der Waals surface area contributed by atoms with E-state index in [1.165, 1.54) is 4.90 Å². The third-order valence-electron chi connectivity index (χ3n) is 4.96. The van der Waals surface area contributed by atoms with Gasteiger partial charge < -0.3 is 10.2 Å². The number of nitrogens with one attached hydrogen (secondary N) is 1. The van der Waals surface area contributed by atoms with Gasteiger partial charge in [0.2, 0.25) is 21.8 Å². The lowest BCUT2D eigenvalue weighted by molar-refractivity contribution is -0.141. The maximum absolute atomic E-state index is 13.6. The summed E-state index contributed by atoms with van der Waals surface area (Å²) in [6.07, 6.45) is 1.39. The van der Waals surface area contributed by atoms with Crippen molar-refractivity contribution in [2.75, 3.05) is 17.1 Å². The molecule has 2 aromatic rings. The minimum Gasteiger partial charge on any atom is -0.350 e. The molecule has 0 unspecified atom stereocenters. The van der Waals surface area contributed by atoms with Crippen LogP contribution in [0.2, 0.25) is 5.02 Å². The zero-order chi connectivity index (χ0) is 25.7. The first-order valence-electron chi connectivity index (χ1n) is 10.8. The van der Waals surface area contributed by atoms with Crippen LogP contribution in [0, 0.1) is 0 Å². The number of sulfonamides is 1. The Morgan fingerprint density at radius 2 is 1.76 bits per heavy atom. The molecule has 0 aliphatic rings. The molecule has 0 saturated heterocycles. The highest BCUT2D eigenvalue weighted by molar-refractivity contribution is 9.10. The van der Waals surface area contributed by atoms with Gasteiger partial charge in [0.05, 0.1) is 11.9 Å². The second-order valence-corrected chi connectivity index (χ2v) is 12.3. The highest BCUT2D eigenvalue weighted by Gasteiger charge is 2.33. The Labute approximate surface area is 215 Å². The third-order valence-corrected chi connectivity index (χ3v) is 6.96. The summed E-state index contributed by atoms with van der Waals surface area (Å²) in [7, 11) is -3.79. The van der Waals surface area contributed by atoms with E-state index in [9.17, 15) is 18.0 Å². The SMILES string of the molecule is CC[C@@H](C(=O)NC(C)(C)C)N(Cc1ccccc1Cl)C(=O)CN(c1cccc(Br)c1)S(C)(=O)=O. The fourth-order valence-electron chi connectivity index (χ4n) is 3.43. The first kappa shape index (κ1) is 28.1. The highest BCUT2D eigenvalue weighted by atomic mass is 79.9. The number of anilines is 1. The van der Waals surface area contributed by atoms with E-state index in [4.69, 9.17) is 11.6 Å². The predicted molar refractivity (Wildman–Crippen MR) is 140 cm³/mol. The van der Waals surface area contributed by atoms with Gasteiger partial charge in [0.1, 0.15) is 12.6 Å². The molecule has 186 valence electrons. The van der Waals surface area contributed by atoms with Gasteiger partial charge in [-0.15, -0.1) is 0 Å². The van der Waals surface area contributed by atoms with E-state index in [0.717, 1.165) is 10.6 Å². The van der Waals surface area contributed by atoms with Crippen molar-refractivity contribution in [2.45, 2.75) is 52.2 Å². The summed E-state index contributed by atoms with van der Waals surface area (Å²) in [6, 6.07) is 12.9. The van der Waals surface area contributed by atoms with Crippen LogP contribution in [-0.2, 0) is 26.2 Å². The van der Waals surface area contributed by atoms with Crippen molar-refractivity contribution in [1.82, 2.24) is 10.2 Å². The van der Waals surface area contributed by atoms with E-state index in [1.54, 1.807) is 48.5 Å².